The normalized spacial score (nSPS) is 17.8. The Hall–Kier alpha value is -2.10. The maximum Gasteiger partial charge on any atom is 0.165 e. The van der Waals surface area contributed by atoms with Crippen LogP contribution in [-0.4, -0.2) is 12.6 Å². The fraction of sp³-hybridized carbons (Fsp3) is 0.250. The molecule has 2 aromatic carbocycles. The Morgan fingerprint density at radius 3 is 2.85 bits per heavy atom. The van der Waals surface area contributed by atoms with E-state index in [1.807, 2.05) is 18.2 Å². The highest BCUT2D eigenvalue weighted by molar-refractivity contribution is 5.52. The fourth-order valence-electron chi connectivity index (χ4n) is 2.40. The van der Waals surface area contributed by atoms with E-state index in [9.17, 15) is 8.78 Å². The summed E-state index contributed by atoms with van der Waals surface area (Å²) in [7, 11) is 0. The van der Waals surface area contributed by atoms with Crippen molar-refractivity contribution in [2.75, 3.05) is 11.9 Å². The van der Waals surface area contributed by atoms with E-state index in [-0.39, 0.29) is 11.9 Å². The molecule has 1 aliphatic rings. The highest BCUT2D eigenvalue weighted by atomic mass is 19.1. The first-order valence-corrected chi connectivity index (χ1v) is 6.66. The average molecular weight is 275 g/mol. The summed E-state index contributed by atoms with van der Waals surface area (Å²) < 4.78 is 32.3. The van der Waals surface area contributed by atoms with Crippen molar-refractivity contribution >= 4 is 5.69 Å². The molecule has 3 rings (SSSR count). The number of nitrogens with one attached hydrogen (secondary N) is 1. The number of benzene rings is 2. The summed E-state index contributed by atoms with van der Waals surface area (Å²) in [5.41, 5.74) is 2.30. The van der Waals surface area contributed by atoms with Crippen LogP contribution in [0.2, 0.25) is 0 Å². The Kier molecular flexibility index (Phi) is 3.54. The second-order valence-electron chi connectivity index (χ2n) is 4.89. The molecular formula is C16H15F2NO. The third kappa shape index (κ3) is 2.74. The summed E-state index contributed by atoms with van der Waals surface area (Å²) in [5.74, 6) is -1.05. The maximum atomic E-state index is 13.6. The van der Waals surface area contributed by atoms with Crippen LogP contribution in [0.1, 0.15) is 12.0 Å². The topological polar surface area (TPSA) is 21.3 Å². The first-order valence-electron chi connectivity index (χ1n) is 6.66. The number of hydrogen-bond acceptors (Lipinski definition) is 2. The van der Waals surface area contributed by atoms with Crippen LogP contribution >= 0.6 is 0 Å². The molecule has 1 aliphatic heterocycles. The van der Waals surface area contributed by atoms with E-state index in [1.54, 1.807) is 0 Å². The molecule has 2 nitrogen and oxygen atoms in total. The predicted molar refractivity (Wildman–Crippen MR) is 74.0 cm³/mol. The lowest BCUT2D eigenvalue weighted by molar-refractivity contribution is 0.196. The fourth-order valence-corrected chi connectivity index (χ4v) is 2.40. The minimum absolute atomic E-state index is 0.0252. The molecule has 0 saturated heterocycles. The van der Waals surface area contributed by atoms with Crippen LogP contribution < -0.4 is 10.1 Å². The van der Waals surface area contributed by atoms with E-state index in [0.717, 1.165) is 36.7 Å². The molecule has 1 heterocycles. The number of halogens is 2. The SMILES string of the molecule is Fc1ccc(F)c(OC2CCc3ccccc3NC2)c1. The Morgan fingerprint density at radius 1 is 1.10 bits per heavy atom. The van der Waals surface area contributed by atoms with Crippen LogP contribution in [0.3, 0.4) is 0 Å². The van der Waals surface area contributed by atoms with Crippen molar-refractivity contribution in [1.29, 1.82) is 0 Å². The first kappa shape index (κ1) is 12.9. The van der Waals surface area contributed by atoms with E-state index in [2.05, 4.69) is 11.4 Å². The summed E-state index contributed by atoms with van der Waals surface area (Å²) in [6, 6.07) is 11.3. The minimum atomic E-state index is -0.534. The van der Waals surface area contributed by atoms with Gasteiger partial charge in [0.05, 0.1) is 6.54 Å². The molecule has 0 radical (unpaired) electrons. The molecule has 0 spiro atoms. The number of rotatable bonds is 2. The molecule has 104 valence electrons. The monoisotopic (exact) mass is 275 g/mol. The van der Waals surface area contributed by atoms with E-state index in [1.165, 1.54) is 5.56 Å². The Labute approximate surface area is 116 Å². The second-order valence-corrected chi connectivity index (χ2v) is 4.89. The number of anilines is 1. The number of hydrogen-bond donors (Lipinski definition) is 1. The largest absolute Gasteiger partial charge is 0.485 e. The number of para-hydroxylation sites is 1. The van der Waals surface area contributed by atoms with Gasteiger partial charge in [0.2, 0.25) is 0 Å². The number of fused-ring (bicyclic) bond motifs is 1. The lowest BCUT2D eigenvalue weighted by Gasteiger charge is -2.17. The van der Waals surface area contributed by atoms with Crippen LogP contribution in [0.25, 0.3) is 0 Å². The smallest absolute Gasteiger partial charge is 0.165 e. The van der Waals surface area contributed by atoms with Gasteiger partial charge in [0.25, 0.3) is 0 Å². The number of aryl methyl sites for hydroxylation is 1. The van der Waals surface area contributed by atoms with Crippen LogP contribution in [0, 0.1) is 11.6 Å². The van der Waals surface area contributed by atoms with E-state index < -0.39 is 11.6 Å². The number of ether oxygens (including phenoxy) is 1. The van der Waals surface area contributed by atoms with Crippen molar-refractivity contribution in [1.82, 2.24) is 0 Å². The van der Waals surface area contributed by atoms with Crippen LogP contribution in [0.15, 0.2) is 42.5 Å². The van der Waals surface area contributed by atoms with Gasteiger partial charge >= 0.3 is 0 Å². The molecule has 1 unspecified atom stereocenters. The van der Waals surface area contributed by atoms with Crippen molar-refractivity contribution in [2.24, 2.45) is 0 Å². The molecule has 4 heteroatoms. The molecule has 1 atom stereocenters. The predicted octanol–water partition coefficient (Wildman–Crippen LogP) is 3.77. The molecule has 0 aromatic heterocycles. The molecule has 0 aliphatic carbocycles. The van der Waals surface area contributed by atoms with Crippen LogP contribution in [0.4, 0.5) is 14.5 Å². The van der Waals surface area contributed by atoms with E-state index in [4.69, 9.17) is 4.74 Å². The van der Waals surface area contributed by atoms with Gasteiger partial charge in [-0.15, -0.1) is 0 Å². The quantitative estimate of drug-likeness (QED) is 0.900. The Bertz CT molecular complexity index is 588. The van der Waals surface area contributed by atoms with Crippen LogP contribution in [0.5, 0.6) is 5.75 Å². The van der Waals surface area contributed by atoms with Crippen molar-refractivity contribution < 1.29 is 13.5 Å². The van der Waals surface area contributed by atoms with Gasteiger partial charge in [-0.3, -0.25) is 0 Å². The Balaban J connectivity index is 1.73. The lowest BCUT2D eigenvalue weighted by Crippen LogP contribution is -2.25. The van der Waals surface area contributed by atoms with Gasteiger partial charge < -0.3 is 10.1 Å². The molecule has 0 fully saturated rings. The summed E-state index contributed by atoms with van der Waals surface area (Å²) in [6.45, 7) is 0.576. The highest BCUT2D eigenvalue weighted by Crippen LogP contribution is 2.25. The van der Waals surface area contributed by atoms with Crippen molar-refractivity contribution in [3.8, 4) is 5.75 Å². The third-order valence-corrected chi connectivity index (χ3v) is 3.46. The van der Waals surface area contributed by atoms with Gasteiger partial charge in [-0.1, -0.05) is 18.2 Å². The van der Waals surface area contributed by atoms with Gasteiger partial charge in [0.15, 0.2) is 11.6 Å². The van der Waals surface area contributed by atoms with Gasteiger partial charge in [-0.25, -0.2) is 8.78 Å². The summed E-state index contributed by atoms with van der Waals surface area (Å²) >= 11 is 0. The minimum Gasteiger partial charge on any atom is -0.485 e. The van der Waals surface area contributed by atoms with E-state index in [0.29, 0.717) is 6.54 Å². The lowest BCUT2D eigenvalue weighted by atomic mass is 10.1. The molecule has 0 amide bonds. The maximum absolute atomic E-state index is 13.6. The first-order chi connectivity index (χ1) is 9.72. The molecule has 1 N–H and O–H groups in total. The van der Waals surface area contributed by atoms with Crippen molar-refractivity contribution in [2.45, 2.75) is 18.9 Å². The second kappa shape index (κ2) is 5.49. The summed E-state index contributed by atoms with van der Waals surface area (Å²) in [6.07, 6.45) is 1.43. The summed E-state index contributed by atoms with van der Waals surface area (Å²) in [5, 5.41) is 3.29. The van der Waals surface area contributed by atoms with Crippen LogP contribution in [-0.2, 0) is 6.42 Å². The summed E-state index contributed by atoms with van der Waals surface area (Å²) in [4.78, 5) is 0. The van der Waals surface area contributed by atoms with Crippen molar-refractivity contribution in [3.63, 3.8) is 0 Å². The molecule has 0 bridgehead atoms. The zero-order valence-corrected chi connectivity index (χ0v) is 10.9. The average Bonchev–Trinajstić information content (AvgIpc) is 2.66. The molecular weight excluding hydrogens is 260 g/mol. The molecule has 2 aromatic rings. The van der Waals surface area contributed by atoms with Gasteiger partial charge in [-0.2, -0.15) is 0 Å². The van der Waals surface area contributed by atoms with Gasteiger partial charge in [0.1, 0.15) is 11.9 Å². The third-order valence-electron chi connectivity index (χ3n) is 3.46. The highest BCUT2D eigenvalue weighted by Gasteiger charge is 2.18. The van der Waals surface area contributed by atoms with Gasteiger partial charge in [0, 0.05) is 11.8 Å². The van der Waals surface area contributed by atoms with E-state index >= 15 is 0 Å². The Morgan fingerprint density at radius 2 is 1.95 bits per heavy atom. The molecule has 20 heavy (non-hydrogen) atoms. The van der Waals surface area contributed by atoms with Gasteiger partial charge in [-0.05, 0) is 36.6 Å². The standard InChI is InChI=1S/C16H15F2NO/c17-12-6-8-14(18)16(9-12)20-13-7-5-11-3-1-2-4-15(11)19-10-13/h1-4,6,8-9,13,19H,5,7,10H2. The van der Waals surface area contributed by atoms with Crippen molar-refractivity contribution in [3.05, 3.63) is 59.7 Å². The molecule has 0 saturated carbocycles. The zero-order chi connectivity index (χ0) is 13.9. The zero-order valence-electron chi connectivity index (χ0n) is 10.9.